The van der Waals surface area contributed by atoms with Crippen LogP contribution in [0, 0.1) is 6.92 Å². The third kappa shape index (κ3) is 3.91. The van der Waals surface area contributed by atoms with Gasteiger partial charge in [0.25, 0.3) is 5.91 Å². The van der Waals surface area contributed by atoms with Crippen LogP contribution in [-0.4, -0.2) is 64.5 Å². The van der Waals surface area contributed by atoms with Crippen LogP contribution in [0.25, 0.3) is 11.0 Å². The summed E-state index contributed by atoms with van der Waals surface area (Å²) in [6.45, 7) is 2.12. The Balaban J connectivity index is 1.32. The highest BCUT2D eigenvalue weighted by molar-refractivity contribution is 5.94. The van der Waals surface area contributed by atoms with Crippen LogP contribution in [0.3, 0.4) is 0 Å². The van der Waals surface area contributed by atoms with Crippen LogP contribution in [0.4, 0.5) is 0 Å². The maximum Gasteiger partial charge on any atom is 0.340 e. The standard InChI is InChI=1S/C21H22N4O5/c1-13-16-8-14(9-22-20(16)25(3)23-13)21(27)29-12-19(26)24(2)10-15-11-28-17-6-4-5-7-18(17)30-15/h4-9,15H,10-12H2,1-3H3. The Morgan fingerprint density at radius 1 is 1.30 bits per heavy atom. The fraction of sp³-hybridized carbons (Fsp3) is 0.333. The third-order valence-corrected chi connectivity index (χ3v) is 4.90. The molecule has 0 bridgehead atoms. The minimum Gasteiger partial charge on any atom is -0.486 e. The Morgan fingerprint density at radius 3 is 2.87 bits per heavy atom. The van der Waals surface area contributed by atoms with E-state index < -0.39 is 5.97 Å². The molecule has 0 spiro atoms. The minimum atomic E-state index is -0.611. The van der Waals surface area contributed by atoms with Crippen LogP contribution >= 0.6 is 0 Å². The number of hydrogen-bond acceptors (Lipinski definition) is 7. The van der Waals surface area contributed by atoms with E-state index in [1.54, 1.807) is 24.8 Å². The number of esters is 1. The molecular formula is C21H22N4O5. The molecule has 9 nitrogen and oxygen atoms in total. The summed E-state index contributed by atoms with van der Waals surface area (Å²) in [6.07, 6.45) is 1.12. The lowest BCUT2D eigenvalue weighted by Gasteiger charge is -2.29. The van der Waals surface area contributed by atoms with E-state index in [2.05, 4.69) is 10.1 Å². The number of rotatable bonds is 5. The van der Waals surface area contributed by atoms with Gasteiger partial charge in [-0.1, -0.05) is 12.1 Å². The van der Waals surface area contributed by atoms with E-state index in [-0.39, 0.29) is 24.2 Å². The second-order valence-corrected chi connectivity index (χ2v) is 7.15. The molecule has 0 saturated carbocycles. The molecule has 1 aliphatic heterocycles. The first-order valence-corrected chi connectivity index (χ1v) is 9.51. The highest BCUT2D eigenvalue weighted by atomic mass is 16.6. The lowest BCUT2D eigenvalue weighted by molar-refractivity contribution is -0.134. The number of aromatic nitrogens is 3. The van der Waals surface area contributed by atoms with Gasteiger partial charge in [-0.25, -0.2) is 9.78 Å². The van der Waals surface area contributed by atoms with Crippen molar-refractivity contribution in [1.82, 2.24) is 19.7 Å². The first kappa shape index (κ1) is 19.7. The average Bonchev–Trinajstić information content (AvgIpc) is 3.04. The maximum atomic E-state index is 12.4. The number of carbonyl (C=O) groups excluding carboxylic acids is 2. The summed E-state index contributed by atoms with van der Waals surface area (Å²) in [4.78, 5) is 30.5. The Labute approximate surface area is 173 Å². The Kier molecular flexibility index (Phi) is 5.26. The molecule has 0 saturated heterocycles. The molecule has 0 aliphatic carbocycles. The summed E-state index contributed by atoms with van der Waals surface area (Å²) < 4.78 is 18.3. The van der Waals surface area contributed by atoms with Gasteiger partial charge < -0.3 is 19.1 Å². The van der Waals surface area contributed by atoms with Gasteiger partial charge in [-0.3, -0.25) is 9.48 Å². The topological polar surface area (TPSA) is 95.8 Å². The van der Waals surface area contributed by atoms with E-state index in [9.17, 15) is 9.59 Å². The second-order valence-electron chi connectivity index (χ2n) is 7.15. The lowest BCUT2D eigenvalue weighted by atomic mass is 10.2. The molecule has 3 heterocycles. The van der Waals surface area contributed by atoms with Crippen LogP contribution in [0.1, 0.15) is 16.1 Å². The van der Waals surface area contributed by atoms with Crippen molar-refractivity contribution in [3.8, 4) is 11.5 Å². The molecule has 1 amide bonds. The van der Waals surface area contributed by atoms with Crippen LogP contribution in [-0.2, 0) is 16.6 Å². The molecule has 4 rings (SSSR count). The molecule has 156 valence electrons. The second kappa shape index (κ2) is 8.02. The van der Waals surface area contributed by atoms with Crippen molar-refractivity contribution in [3.63, 3.8) is 0 Å². The molecule has 30 heavy (non-hydrogen) atoms. The van der Waals surface area contributed by atoms with Crippen molar-refractivity contribution in [3.05, 3.63) is 47.8 Å². The van der Waals surface area contributed by atoms with E-state index in [0.29, 0.717) is 30.3 Å². The van der Waals surface area contributed by atoms with Gasteiger partial charge in [0.15, 0.2) is 29.9 Å². The monoisotopic (exact) mass is 410 g/mol. The highest BCUT2D eigenvalue weighted by Crippen LogP contribution is 2.30. The molecule has 1 aromatic carbocycles. The number of aryl methyl sites for hydroxylation is 2. The Hall–Kier alpha value is -3.62. The molecule has 1 aliphatic rings. The van der Waals surface area contributed by atoms with Gasteiger partial charge in [0, 0.05) is 25.7 Å². The largest absolute Gasteiger partial charge is 0.486 e. The molecule has 0 fully saturated rings. The predicted octanol–water partition coefficient (Wildman–Crippen LogP) is 1.73. The van der Waals surface area contributed by atoms with Gasteiger partial charge in [-0.05, 0) is 25.1 Å². The molecule has 1 atom stereocenters. The normalized spacial score (nSPS) is 15.1. The van der Waals surface area contributed by atoms with Crippen molar-refractivity contribution in [2.75, 3.05) is 26.8 Å². The summed E-state index contributed by atoms with van der Waals surface area (Å²) in [5.41, 5.74) is 1.72. The van der Waals surface area contributed by atoms with Gasteiger partial charge >= 0.3 is 5.97 Å². The predicted molar refractivity (Wildman–Crippen MR) is 108 cm³/mol. The van der Waals surface area contributed by atoms with Gasteiger partial charge in [0.2, 0.25) is 0 Å². The van der Waals surface area contributed by atoms with Crippen LogP contribution in [0.2, 0.25) is 0 Å². The first-order chi connectivity index (χ1) is 14.4. The van der Waals surface area contributed by atoms with Gasteiger partial charge in [0.05, 0.1) is 17.8 Å². The zero-order valence-corrected chi connectivity index (χ0v) is 17.0. The zero-order chi connectivity index (χ0) is 21.3. The zero-order valence-electron chi connectivity index (χ0n) is 17.0. The Morgan fingerprint density at radius 2 is 2.07 bits per heavy atom. The fourth-order valence-electron chi connectivity index (χ4n) is 3.30. The van der Waals surface area contributed by atoms with E-state index in [4.69, 9.17) is 14.2 Å². The molecule has 1 unspecified atom stereocenters. The molecule has 0 N–H and O–H groups in total. The number of hydrogen-bond donors (Lipinski definition) is 0. The molecule has 0 radical (unpaired) electrons. The third-order valence-electron chi connectivity index (χ3n) is 4.90. The number of amides is 1. The Bertz CT molecular complexity index is 1110. The van der Waals surface area contributed by atoms with Crippen LogP contribution in [0.15, 0.2) is 36.5 Å². The van der Waals surface area contributed by atoms with Crippen molar-refractivity contribution >= 4 is 22.9 Å². The van der Waals surface area contributed by atoms with Gasteiger partial charge in [-0.15, -0.1) is 0 Å². The highest BCUT2D eigenvalue weighted by Gasteiger charge is 2.24. The molecule has 9 heteroatoms. The smallest absolute Gasteiger partial charge is 0.340 e. The van der Waals surface area contributed by atoms with E-state index in [1.165, 1.54) is 11.1 Å². The number of pyridine rings is 1. The van der Waals surface area contributed by atoms with E-state index in [0.717, 1.165) is 11.1 Å². The summed E-state index contributed by atoms with van der Waals surface area (Å²) in [5.74, 6) is 0.388. The number of nitrogens with zero attached hydrogens (tertiary/aromatic N) is 4. The number of carbonyl (C=O) groups is 2. The number of fused-ring (bicyclic) bond motifs is 2. The van der Waals surface area contributed by atoms with Gasteiger partial charge in [-0.2, -0.15) is 5.10 Å². The first-order valence-electron chi connectivity index (χ1n) is 9.51. The van der Waals surface area contributed by atoms with E-state index >= 15 is 0 Å². The molecule has 2 aromatic heterocycles. The summed E-state index contributed by atoms with van der Waals surface area (Å²) >= 11 is 0. The summed E-state index contributed by atoms with van der Waals surface area (Å²) in [6, 6.07) is 9.05. The molecule has 3 aromatic rings. The van der Waals surface area contributed by atoms with Crippen molar-refractivity contribution in [2.24, 2.45) is 7.05 Å². The quantitative estimate of drug-likeness (QED) is 0.591. The lowest BCUT2D eigenvalue weighted by Crippen LogP contribution is -2.43. The van der Waals surface area contributed by atoms with Crippen molar-refractivity contribution < 1.29 is 23.8 Å². The molecular weight excluding hydrogens is 388 g/mol. The van der Waals surface area contributed by atoms with Crippen LogP contribution in [0.5, 0.6) is 11.5 Å². The van der Waals surface area contributed by atoms with Crippen molar-refractivity contribution in [2.45, 2.75) is 13.0 Å². The summed E-state index contributed by atoms with van der Waals surface area (Å²) in [5, 5.41) is 5.05. The number of para-hydroxylation sites is 2. The number of ether oxygens (including phenoxy) is 3. The summed E-state index contributed by atoms with van der Waals surface area (Å²) in [7, 11) is 3.42. The van der Waals surface area contributed by atoms with Gasteiger partial charge in [0.1, 0.15) is 6.61 Å². The maximum absolute atomic E-state index is 12.4. The number of likely N-dealkylation sites (N-methyl/N-ethyl adjacent to an activating group) is 1. The average molecular weight is 410 g/mol. The van der Waals surface area contributed by atoms with Crippen molar-refractivity contribution in [1.29, 1.82) is 0 Å². The SMILES string of the molecule is Cc1nn(C)c2ncc(C(=O)OCC(=O)N(C)CC3COc4ccccc4O3)cc12. The minimum absolute atomic E-state index is 0.273. The fourth-order valence-corrected chi connectivity index (χ4v) is 3.30. The number of benzene rings is 1. The van der Waals surface area contributed by atoms with E-state index in [1.807, 2.05) is 31.2 Å². The van der Waals surface area contributed by atoms with Crippen LogP contribution < -0.4 is 9.47 Å².